The van der Waals surface area contributed by atoms with Gasteiger partial charge < -0.3 is 14.6 Å². The van der Waals surface area contributed by atoms with Gasteiger partial charge in [-0.3, -0.25) is 9.59 Å². The van der Waals surface area contributed by atoms with E-state index in [9.17, 15) is 9.59 Å². The van der Waals surface area contributed by atoms with Gasteiger partial charge in [-0.25, -0.2) is 0 Å². The molecule has 0 amide bonds. The summed E-state index contributed by atoms with van der Waals surface area (Å²) in [6.45, 7) is 6.87. The highest BCUT2D eigenvalue weighted by atomic mass is 16.5. The second-order valence-electron chi connectivity index (χ2n) is 9.98. The lowest BCUT2D eigenvalue weighted by atomic mass is 9.58. The van der Waals surface area contributed by atoms with Gasteiger partial charge >= 0.3 is 11.9 Å². The van der Waals surface area contributed by atoms with Gasteiger partial charge in [-0.2, -0.15) is 0 Å². The Kier molecular flexibility index (Phi) is 5.19. The van der Waals surface area contributed by atoms with E-state index in [1.165, 1.54) is 22.3 Å². The molecule has 0 bridgehead atoms. The number of allylic oxidation sites excluding steroid dienone is 2. The van der Waals surface area contributed by atoms with Crippen LogP contribution in [0.5, 0.6) is 5.75 Å². The van der Waals surface area contributed by atoms with Gasteiger partial charge in [0.25, 0.3) is 0 Å². The van der Waals surface area contributed by atoms with Crippen molar-refractivity contribution in [1.82, 2.24) is 0 Å². The Morgan fingerprint density at radius 1 is 1.17 bits per heavy atom. The van der Waals surface area contributed by atoms with Gasteiger partial charge in [0.15, 0.2) is 0 Å². The lowest BCUT2D eigenvalue weighted by Crippen LogP contribution is -2.41. The fourth-order valence-corrected chi connectivity index (χ4v) is 6.08. The molecule has 30 heavy (non-hydrogen) atoms. The number of carboxylic acids is 1. The van der Waals surface area contributed by atoms with Crippen molar-refractivity contribution in [2.75, 3.05) is 7.11 Å². The molecule has 1 N–H and O–H groups in total. The van der Waals surface area contributed by atoms with Crippen LogP contribution in [0.1, 0.15) is 76.8 Å². The molecule has 0 aromatic heterocycles. The first-order valence-corrected chi connectivity index (χ1v) is 11.0. The maximum atomic E-state index is 12.2. The molecule has 1 saturated carbocycles. The Morgan fingerprint density at radius 3 is 2.63 bits per heavy atom. The largest absolute Gasteiger partial charge is 0.497 e. The third kappa shape index (κ3) is 3.42. The monoisotopic (exact) mass is 412 g/mol. The number of esters is 1. The number of benzene rings is 1. The summed E-state index contributed by atoms with van der Waals surface area (Å²) >= 11 is 0. The van der Waals surface area contributed by atoms with Crippen molar-refractivity contribution in [3.63, 3.8) is 0 Å². The summed E-state index contributed by atoms with van der Waals surface area (Å²) in [4.78, 5) is 23.0. The molecule has 162 valence electrons. The number of hydrogen-bond donors (Lipinski definition) is 1. The predicted octanol–water partition coefficient (Wildman–Crippen LogP) is 5.12. The standard InChI is InChI=1S/C25H32O5/c1-24(2)14-18-16(17-6-5-15(29-4)13-20(17)24)11-12-25(3)19(18)7-8-21(25)30-23(28)10-9-22(26)27/h5-6,13,19,21H,7-12,14H2,1-4H3,(H,26,27)/t19-,21-,25-/m0/s1. The fraction of sp³-hybridized carbons (Fsp3) is 0.600. The van der Waals surface area contributed by atoms with Crippen molar-refractivity contribution >= 4 is 17.5 Å². The van der Waals surface area contributed by atoms with Crippen LogP contribution in [-0.4, -0.2) is 30.3 Å². The number of fused-ring (bicyclic) bond motifs is 4. The van der Waals surface area contributed by atoms with Gasteiger partial charge in [-0.1, -0.05) is 32.4 Å². The average molecular weight is 413 g/mol. The van der Waals surface area contributed by atoms with E-state index in [1.807, 2.05) is 0 Å². The zero-order chi connectivity index (χ0) is 21.7. The van der Waals surface area contributed by atoms with E-state index >= 15 is 0 Å². The molecule has 0 radical (unpaired) electrons. The first-order chi connectivity index (χ1) is 14.2. The Hall–Kier alpha value is -2.30. The third-order valence-electron chi connectivity index (χ3n) is 7.70. The molecule has 0 unspecified atom stereocenters. The van der Waals surface area contributed by atoms with Crippen LogP contribution in [0.25, 0.3) is 5.57 Å². The zero-order valence-electron chi connectivity index (χ0n) is 18.4. The van der Waals surface area contributed by atoms with Crippen molar-refractivity contribution in [3.05, 3.63) is 34.9 Å². The highest BCUT2D eigenvalue weighted by molar-refractivity contribution is 5.78. The van der Waals surface area contributed by atoms with Crippen LogP contribution in [0, 0.1) is 11.3 Å². The lowest BCUT2D eigenvalue weighted by Gasteiger charge is -2.47. The zero-order valence-corrected chi connectivity index (χ0v) is 18.4. The van der Waals surface area contributed by atoms with Crippen molar-refractivity contribution in [1.29, 1.82) is 0 Å². The molecule has 0 saturated heterocycles. The molecule has 5 nitrogen and oxygen atoms in total. The van der Waals surface area contributed by atoms with Crippen LogP contribution in [0.15, 0.2) is 23.8 Å². The topological polar surface area (TPSA) is 72.8 Å². The molecule has 5 heteroatoms. The second kappa shape index (κ2) is 7.44. The quantitative estimate of drug-likeness (QED) is 0.680. The van der Waals surface area contributed by atoms with Crippen molar-refractivity contribution < 1.29 is 24.2 Å². The number of ether oxygens (including phenoxy) is 2. The van der Waals surface area contributed by atoms with Gasteiger partial charge in [0.05, 0.1) is 20.0 Å². The molecule has 3 aliphatic carbocycles. The minimum atomic E-state index is -0.963. The molecular formula is C25H32O5. The Labute approximate surface area is 178 Å². The van der Waals surface area contributed by atoms with Crippen LogP contribution >= 0.6 is 0 Å². The maximum Gasteiger partial charge on any atom is 0.306 e. The Morgan fingerprint density at radius 2 is 1.93 bits per heavy atom. The van der Waals surface area contributed by atoms with E-state index in [0.29, 0.717) is 5.92 Å². The number of methoxy groups -OCH3 is 1. The number of hydrogen-bond acceptors (Lipinski definition) is 4. The highest BCUT2D eigenvalue weighted by Crippen LogP contribution is 2.61. The smallest absolute Gasteiger partial charge is 0.306 e. The number of carbonyl (C=O) groups is 2. The average Bonchev–Trinajstić information content (AvgIpc) is 3.02. The number of rotatable bonds is 5. The summed E-state index contributed by atoms with van der Waals surface area (Å²) in [5.41, 5.74) is 5.68. The van der Waals surface area contributed by atoms with Crippen LogP contribution in [0.4, 0.5) is 0 Å². The third-order valence-corrected chi connectivity index (χ3v) is 7.70. The van der Waals surface area contributed by atoms with E-state index in [1.54, 1.807) is 7.11 Å². The molecular weight excluding hydrogens is 380 g/mol. The van der Waals surface area contributed by atoms with Crippen LogP contribution in [0.2, 0.25) is 0 Å². The Balaban J connectivity index is 1.62. The normalized spacial score (nSPS) is 28.9. The van der Waals surface area contributed by atoms with Crippen molar-refractivity contribution in [2.24, 2.45) is 11.3 Å². The molecule has 3 atom stereocenters. The first kappa shape index (κ1) is 21.0. The number of carbonyl (C=O) groups excluding carboxylic acids is 1. The van der Waals surface area contributed by atoms with Crippen LogP contribution in [-0.2, 0) is 19.7 Å². The Bertz CT molecular complexity index is 912. The molecule has 1 aromatic rings. The lowest BCUT2D eigenvalue weighted by molar-refractivity contribution is -0.157. The van der Waals surface area contributed by atoms with E-state index in [0.717, 1.165) is 37.9 Å². The second-order valence-corrected chi connectivity index (χ2v) is 9.98. The van der Waals surface area contributed by atoms with Gasteiger partial charge in [0.1, 0.15) is 11.9 Å². The summed E-state index contributed by atoms with van der Waals surface area (Å²) in [5.74, 6) is -0.0334. The van der Waals surface area contributed by atoms with Gasteiger partial charge in [0.2, 0.25) is 0 Å². The number of carboxylic acid groups (broad SMARTS) is 1. The van der Waals surface area contributed by atoms with Gasteiger partial charge in [-0.15, -0.1) is 0 Å². The fourth-order valence-electron chi connectivity index (χ4n) is 6.08. The summed E-state index contributed by atoms with van der Waals surface area (Å²) in [7, 11) is 1.71. The molecule has 4 rings (SSSR count). The molecule has 0 spiro atoms. The van der Waals surface area contributed by atoms with Gasteiger partial charge in [0, 0.05) is 5.41 Å². The summed E-state index contributed by atoms with van der Waals surface area (Å²) < 4.78 is 11.3. The number of aliphatic carboxylic acids is 1. The SMILES string of the molecule is COc1ccc2c(c1)C(C)(C)CC1=C2CC[C@]2(C)[C@@H](OC(=O)CCC(=O)O)CC[C@@H]12. The van der Waals surface area contributed by atoms with E-state index in [2.05, 4.69) is 39.0 Å². The highest BCUT2D eigenvalue weighted by Gasteiger charge is 2.54. The molecule has 3 aliphatic rings. The van der Waals surface area contributed by atoms with E-state index in [4.69, 9.17) is 14.6 Å². The summed E-state index contributed by atoms with van der Waals surface area (Å²) in [6, 6.07) is 6.46. The van der Waals surface area contributed by atoms with Crippen LogP contribution in [0.3, 0.4) is 0 Å². The summed E-state index contributed by atoms with van der Waals surface area (Å²) in [6.07, 6.45) is 4.51. The molecule has 1 fully saturated rings. The van der Waals surface area contributed by atoms with Crippen molar-refractivity contribution in [3.8, 4) is 5.75 Å². The van der Waals surface area contributed by atoms with Gasteiger partial charge in [-0.05, 0) is 72.3 Å². The summed E-state index contributed by atoms with van der Waals surface area (Å²) in [5, 5.41) is 8.83. The van der Waals surface area contributed by atoms with Crippen LogP contribution < -0.4 is 4.74 Å². The molecule has 0 aliphatic heterocycles. The van der Waals surface area contributed by atoms with E-state index in [-0.39, 0.29) is 35.7 Å². The molecule has 1 aromatic carbocycles. The van der Waals surface area contributed by atoms with E-state index < -0.39 is 5.97 Å². The first-order valence-electron chi connectivity index (χ1n) is 11.0. The predicted molar refractivity (Wildman–Crippen MR) is 114 cm³/mol. The van der Waals surface area contributed by atoms with Crippen molar-refractivity contribution in [2.45, 2.75) is 77.2 Å². The molecule has 0 heterocycles. The minimum Gasteiger partial charge on any atom is -0.497 e. The minimum absolute atomic E-state index is 0.0250. The maximum absolute atomic E-state index is 12.2.